The van der Waals surface area contributed by atoms with E-state index in [1.165, 1.54) is 6.07 Å². The van der Waals surface area contributed by atoms with Gasteiger partial charge in [0.1, 0.15) is 0 Å². The molecule has 1 N–H and O–H groups in total. The van der Waals surface area contributed by atoms with Gasteiger partial charge in [0.2, 0.25) is 0 Å². The van der Waals surface area contributed by atoms with E-state index in [0.717, 1.165) is 19.0 Å². The van der Waals surface area contributed by atoms with Crippen LogP contribution in [-0.2, 0) is 11.3 Å². The first-order valence-electron chi connectivity index (χ1n) is 6.09. The van der Waals surface area contributed by atoms with E-state index in [1.807, 2.05) is 0 Å². The lowest BCUT2D eigenvalue weighted by atomic mass is 9.89. The van der Waals surface area contributed by atoms with Crippen molar-refractivity contribution in [2.24, 2.45) is 5.41 Å². The molecule has 0 unspecified atom stereocenters. The quantitative estimate of drug-likeness (QED) is 0.810. The summed E-state index contributed by atoms with van der Waals surface area (Å²) < 4.78 is 31.4. The number of ether oxygens (including phenoxy) is 1. The van der Waals surface area contributed by atoms with Crippen molar-refractivity contribution in [1.82, 2.24) is 5.32 Å². The van der Waals surface area contributed by atoms with Crippen LogP contribution in [0.25, 0.3) is 0 Å². The summed E-state index contributed by atoms with van der Waals surface area (Å²) in [6.45, 7) is 5.98. The Morgan fingerprint density at radius 1 is 1.28 bits per heavy atom. The lowest BCUT2D eigenvalue weighted by Gasteiger charge is -2.24. The van der Waals surface area contributed by atoms with Crippen molar-refractivity contribution in [3.8, 4) is 0 Å². The van der Waals surface area contributed by atoms with E-state index in [1.54, 1.807) is 13.2 Å². The molecule has 0 radical (unpaired) electrons. The normalized spacial score (nSPS) is 11.8. The van der Waals surface area contributed by atoms with Crippen LogP contribution in [0.1, 0.15) is 25.8 Å². The van der Waals surface area contributed by atoms with Crippen LogP contribution in [0.5, 0.6) is 0 Å². The number of rotatable bonds is 7. The summed E-state index contributed by atoms with van der Waals surface area (Å²) in [5.74, 6) is -1.56. The Kier molecular flexibility index (Phi) is 5.69. The first kappa shape index (κ1) is 15.1. The summed E-state index contributed by atoms with van der Waals surface area (Å²) in [6.07, 6.45) is 0.919. The van der Waals surface area contributed by atoms with Gasteiger partial charge in [0, 0.05) is 32.4 Å². The van der Waals surface area contributed by atoms with E-state index in [-0.39, 0.29) is 5.41 Å². The molecule has 1 aromatic carbocycles. The lowest BCUT2D eigenvalue weighted by molar-refractivity contribution is 0.150. The van der Waals surface area contributed by atoms with Crippen LogP contribution in [0.2, 0.25) is 0 Å². The van der Waals surface area contributed by atoms with Gasteiger partial charge in [-0.2, -0.15) is 0 Å². The zero-order valence-electron chi connectivity index (χ0n) is 11.2. The first-order chi connectivity index (χ1) is 8.46. The molecular formula is C14H21F2NO. The van der Waals surface area contributed by atoms with Crippen molar-refractivity contribution in [1.29, 1.82) is 0 Å². The van der Waals surface area contributed by atoms with Gasteiger partial charge >= 0.3 is 0 Å². The van der Waals surface area contributed by atoms with Crippen LogP contribution >= 0.6 is 0 Å². The van der Waals surface area contributed by atoms with E-state index in [9.17, 15) is 8.78 Å². The molecule has 0 aliphatic rings. The maximum absolute atomic E-state index is 13.4. The topological polar surface area (TPSA) is 21.3 Å². The maximum atomic E-state index is 13.4. The molecule has 0 atom stereocenters. The fourth-order valence-corrected chi connectivity index (χ4v) is 1.69. The van der Waals surface area contributed by atoms with E-state index < -0.39 is 11.6 Å². The highest BCUT2D eigenvalue weighted by atomic mass is 19.2. The predicted molar refractivity (Wildman–Crippen MR) is 68.3 cm³/mol. The van der Waals surface area contributed by atoms with Crippen molar-refractivity contribution >= 4 is 0 Å². The summed E-state index contributed by atoms with van der Waals surface area (Å²) in [6, 6.07) is 4.24. The molecular weight excluding hydrogens is 236 g/mol. The van der Waals surface area contributed by atoms with Gasteiger partial charge in [-0.05, 0) is 17.9 Å². The number of methoxy groups -OCH3 is 1. The highest BCUT2D eigenvalue weighted by Gasteiger charge is 2.17. The Balaban J connectivity index is 2.44. The highest BCUT2D eigenvalue weighted by Crippen LogP contribution is 2.19. The smallest absolute Gasteiger partial charge is 0.163 e. The Morgan fingerprint density at radius 3 is 2.67 bits per heavy atom. The molecule has 0 saturated heterocycles. The monoisotopic (exact) mass is 257 g/mol. The number of nitrogens with one attached hydrogen (secondary N) is 1. The van der Waals surface area contributed by atoms with E-state index in [4.69, 9.17) is 4.74 Å². The first-order valence-corrected chi connectivity index (χ1v) is 6.09. The zero-order valence-corrected chi connectivity index (χ0v) is 11.2. The molecule has 0 aliphatic carbocycles. The number of hydrogen-bond donors (Lipinski definition) is 1. The van der Waals surface area contributed by atoms with Gasteiger partial charge in [-0.25, -0.2) is 8.78 Å². The minimum atomic E-state index is -0.798. The lowest BCUT2D eigenvalue weighted by Crippen LogP contribution is -2.30. The van der Waals surface area contributed by atoms with Crippen molar-refractivity contribution in [2.45, 2.75) is 26.8 Å². The second kappa shape index (κ2) is 6.81. The van der Waals surface area contributed by atoms with Gasteiger partial charge in [0.05, 0.1) is 0 Å². The van der Waals surface area contributed by atoms with Crippen LogP contribution in [0.4, 0.5) is 8.78 Å². The molecule has 0 aliphatic heterocycles. The van der Waals surface area contributed by atoms with Crippen LogP contribution in [0.3, 0.4) is 0 Å². The van der Waals surface area contributed by atoms with E-state index in [2.05, 4.69) is 19.2 Å². The molecule has 18 heavy (non-hydrogen) atoms. The second-order valence-corrected chi connectivity index (χ2v) is 5.22. The molecule has 4 heteroatoms. The van der Waals surface area contributed by atoms with Crippen molar-refractivity contribution in [3.63, 3.8) is 0 Å². The van der Waals surface area contributed by atoms with Gasteiger partial charge in [-0.15, -0.1) is 0 Å². The third-order valence-corrected chi connectivity index (χ3v) is 2.93. The Labute approximate surface area is 107 Å². The predicted octanol–water partition coefficient (Wildman–Crippen LogP) is 3.12. The van der Waals surface area contributed by atoms with Gasteiger partial charge in [0.25, 0.3) is 0 Å². The number of benzene rings is 1. The van der Waals surface area contributed by atoms with Crippen LogP contribution in [0, 0.1) is 17.0 Å². The maximum Gasteiger partial charge on any atom is 0.163 e. The summed E-state index contributed by atoms with van der Waals surface area (Å²) in [4.78, 5) is 0. The SMILES string of the molecule is COCCC(C)(C)CNCc1cccc(F)c1F. The molecule has 102 valence electrons. The van der Waals surface area contributed by atoms with Crippen LogP contribution in [-0.4, -0.2) is 20.3 Å². The van der Waals surface area contributed by atoms with Crippen molar-refractivity contribution in [2.75, 3.05) is 20.3 Å². The summed E-state index contributed by atoms with van der Waals surface area (Å²) in [5.41, 5.74) is 0.428. The van der Waals surface area contributed by atoms with Crippen LogP contribution in [0.15, 0.2) is 18.2 Å². The van der Waals surface area contributed by atoms with Crippen molar-refractivity contribution in [3.05, 3.63) is 35.4 Å². The molecule has 0 amide bonds. The average Bonchev–Trinajstić information content (AvgIpc) is 2.32. The van der Waals surface area contributed by atoms with Gasteiger partial charge in [-0.3, -0.25) is 0 Å². The van der Waals surface area contributed by atoms with Crippen LogP contribution < -0.4 is 5.32 Å². The molecule has 2 nitrogen and oxygen atoms in total. The summed E-state index contributed by atoms with van der Waals surface area (Å²) in [5, 5.41) is 3.16. The van der Waals surface area contributed by atoms with Gasteiger partial charge < -0.3 is 10.1 Å². The second-order valence-electron chi connectivity index (χ2n) is 5.22. The molecule has 0 spiro atoms. The van der Waals surface area contributed by atoms with Gasteiger partial charge in [-0.1, -0.05) is 26.0 Å². The molecule has 0 heterocycles. The minimum Gasteiger partial charge on any atom is -0.385 e. The standard InChI is InChI=1S/C14H21F2NO/c1-14(2,7-8-18-3)10-17-9-11-5-4-6-12(15)13(11)16/h4-6,17H,7-10H2,1-3H3. The Bertz CT molecular complexity index is 380. The molecule has 1 rings (SSSR count). The van der Waals surface area contributed by atoms with E-state index >= 15 is 0 Å². The molecule has 0 saturated carbocycles. The van der Waals surface area contributed by atoms with Gasteiger partial charge in [0.15, 0.2) is 11.6 Å². The molecule has 0 fully saturated rings. The third kappa shape index (κ3) is 4.70. The molecule has 0 bridgehead atoms. The molecule has 1 aromatic rings. The highest BCUT2D eigenvalue weighted by molar-refractivity contribution is 5.18. The third-order valence-electron chi connectivity index (χ3n) is 2.93. The Hall–Kier alpha value is -1.00. The van der Waals surface area contributed by atoms with E-state index in [0.29, 0.717) is 18.7 Å². The largest absolute Gasteiger partial charge is 0.385 e. The number of halogens is 2. The number of hydrogen-bond acceptors (Lipinski definition) is 2. The zero-order chi connectivity index (χ0) is 13.6. The van der Waals surface area contributed by atoms with Crippen molar-refractivity contribution < 1.29 is 13.5 Å². The fourth-order valence-electron chi connectivity index (χ4n) is 1.69. The average molecular weight is 257 g/mol. The fraction of sp³-hybridized carbons (Fsp3) is 0.571. The minimum absolute atomic E-state index is 0.0693. The summed E-state index contributed by atoms with van der Waals surface area (Å²) >= 11 is 0. The molecule has 0 aromatic heterocycles. The Morgan fingerprint density at radius 2 is 2.00 bits per heavy atom. The summed E-state index contributed by atoms with van der Waals surface area (Å²) in [7, 11) is 1.67.